The second-order valence-corrected chi connectivity index (χ2v) is 9.89. The Balaban J connectivity index is 1.57. The van der Waals surface area contributed by atoms with Crippen LogP contribution < -0.4 is 29.1 Å². The van der Waals surface area contributed by atoms with Crippen LogP contribution in [-0.2, 0) is 10.9 Å². The topological polar surface area (TPSA) is 132 Å². The van der Waals surface area contributed by atoms with Crippen LogP contribution in [0.1, 0.15) is 10.4 Å². The fraction of sp³-hybridized carbons (Fsp3) is 0.100. The first-order valence-corrected chi connectivity index (χ1v) is 13.9. The molecule has 0 spiro atoms. The fourth-order valence-electron chi connectivity index (χ4n) is 4.30. The van der Waals surface area contributed by atoms with Crippen molar-refractivity contribution in [1.82, 2.24) is 9.97 Å². The lowest BCUT2D eigenvalue weighted by atomic mass is 10.1. The molecule has 13 heteroatoms. The number of halogens is 1. The maximum absolute atomic E-state index is 13.9. The van der Waals surface area contributed by atoms with Crippen LogP contribution in [0.2, 0.25) is 0 Å². The van der Waals surface area contributed by atoms with E-state index < -0.39 is 22.6 Å². The first-order chi connectivity index (χ1) is 20.8. The Kier molecular flexibility index (Phi) is 8.53. The number of hydrogen-bond acceptors (Lipinski definition) is 9. The number of benzene rings is 4. The van der Waals surface area contributed by atoms with E-state index >= 15 is 0 Å². The number of hydrogen-bond donors (Lipinski definition) is 3. The summed E-state index contributed by atoms with van der Waals surface area (Å²) in [4.78, 5) is 22.3. The number of amides is 1. The third-order valence-corrected chi connectivity index (χ3v) is 7.03. The van der Waals surface area contributed by atoms with Crippen molar-refractivity contribution in [3.8, 4) is 17.2 Å². The molecule has 0 saturated carbocycles. The highest BCUT2D eigenvalue weighted by atomic mass is 32.2. The average molecular weight is 604 g/mol. The summed E-state index contributed by atoms with van der Waals surface area (Å²) in [5.41, 5.74) is 1.87. The number of fused-ring (bicyclic) bond motifs is 1. The molecule has 43 heavy (non-hydrogen) atoms. The lowest BCUT2D eigenvalue weighted by Crippen LogP contribution is -2.19. The molecule has 0 aliphatic rings. The zero-order chi connectivity index (χ0) is 30.5. The van der Waals surface area contributed by atoms with Crippen LogP contribution in [0.25, 0.3) is 11.0 Å². The van der Waals surface area contributed by atoms with Crippen LogP contribution in [-0.4, -0.2) is 45.6 Å². The van der Waals surface area contributed by atoms with Gasteiger partial charge in [0.15, 0.2) is 11.6 Å². The molecule has 11 nitrogen and oxygen atoms in total. The van der Waals surface area contributed by atoms with Crippen LogP contribution in [0.4, 0.5) is 33.1 Å². The van der Waals surface area contributed by atoms with Gasteiger partial charge in [-0.1, -0.05) is 18.2 Å². The van der Waals surface area contributed by atoms with Crippen molar-refractivity contribution in [1.29, 1.82) is 0 Å². The zero-order valence-electron chi connectivity index (χ0n) is 23.2. The van der Waals surface area contributed by atoms with Gasteiger partial charge in [0, 0.05) is 29.6 Å². The smallest absolute Gasteiger partial charge is 0.259 e. The molecule has 1 aromatic heterocycles. The van der Waals surface area contributed by atoms with Gasteiger partial charge >= 0.3 is 0 Å². The fourth-order valence-corrected chi connectivity index (χ4v) is 4.91. The van der Waals surface area contributed by atoms with Gasteiger partial charge in [0.05, 0.1) is 43.6 Å². The lowest BCUT2D eigenvalue weighted by Gasteiger charge is -2.21. The number of aromatic nitrogens is 2. The number of para-hydroxylation sites is 2. The summed E-state index contributed by atoms with van der Waals surface area (Å²) in [5.74, 6) is 0.0309. The minimum atomic E-state index is -3.31. The molecule has 220 valence electrons. The van der Waals surface area contributed by atoms with E-state index in [2.05, 4.69) is 20.6 Å². The predicted molar refractivity (Wildman–Crippen MR) is 162 cm³/mol. The normalized spacial score (nSPS) is 10.8. The number of ether oxygens (including phenoxy) is 3. The van der Waals surface area contributed by atoms with Crippen molar-refractivity contribution in [2.24, 2.45) is 0 Å². The Bertz CT molecular complexity index is 1870. The van der Waals surface area contributed by atoms with Gasteiger partial charge in [-0.05, 0) is 48.5 Å². The highest BCUT2D eigenvalue weighted by Gasteiger charge is 2.22. The minimum absolute atomic E-state index is 0.0214. The molecule has 5 rings (SSSR count). The van der Waals surface area contributed by atoms with E-state index in [4.69, 9.17) is 14.2 Å². The molecule has 1 heterocycles. The number of nitrogens with one attached hydrogen (secondary N) is 2. The summed E-state index contributed by atoms with van der Waals surface area (Å²) in [7, 11) is 1.08. The lowest BCUT2D eigenvalue weighted by molar-refractivity contribution is 0.102. The van der Waals surface area contributed by atoms with Crippen molar-refractivity contribution in [3.05, 3.63) is 96.3 Å². The summed E-state index contributed by atoms with van der Waals surface area (Å²) in [5, 5.41) is 5.81. The standard InChI is InChI=1S/C30H26FN5O6S/c1-40-22-15-20(16-23(17-22)41-2)32-28-29(35-26-10-5-4-9-25(26)34-28)36(43(38)39)21-8-6-7-19(14-21)33-30(37)24-13-18(31)11-12-27(24)42-3/h4-17,43H,1-3H3,(H,32,34)(H,33,37). The number of methoxy groups -OCH3 is 3. The molecule has 0 atom stereocenters. The van der Waals surface area contributed by atoms with Gasteiger partial charge in [-0.15, -0.1) is 0 Å². The van der Waals surface area contributed by atoms with Crippen LogP contribution in [0.3, 0.4) is 0 Å². The summed E-state index contributed by atoms with van der Waals surface area (Å²) >= 11 is 0. The number of anilines is 5. The van der Waals surface area contributed by atoms with Crippen molar-refractivity contribution < 1.29 is 31.8 Å². The van der Waals surface area contributed by atoms with Gasteiger partial charge in [-0.25, -0.2) is 27.1 Å². The highest BCUT2D eigenvalue weighted by Crippen LogP contribution is 2.36. The Morgan fingerprint density at radius 1 is 0.791 bits per heavy atom. The summed E-state index contributed by atoms with van der Waals surface area (Å²) in [6, 6.07) is 21.8. The third kappa shape index (κ3) is 6.41. The Hall–Kier alpha value is -5.43. The monoisotopic (exact) mass is 603 g/mol. The van der Waals surface area contributed by atoms with Crippen molar-refractivity contribution >= 4 is 56.5 Å². The van der Waals surface area contributed by atoms with Gasteiger partial charge in [0.1, 0.15) is 23.1 Å². The van der Waals surface area contributed by atoms with Gasteiger partial charge in [0.2, 0.25) is 10.9 Å². The molecule has 0 fully saturated rings. The molecule has 0 unspecified atom stereocenters. The highest BCUT2D eigenvalue weighted by molar-refractivity contribution is 7.74. The molecule has 0 aliphatic carbocycles. The number of rotatable bonds is 10. The predicted octanol–water partition coefficient (Wildman–Crippen LogP) is 5.46. The van der Waals surface area contributed by atoms with Gasteiger partial charge < -0.3 is 24.8 Å². The average Bonchev–Trinajstić information content (AvgIpc) is 3.01. The largest absolute Gasteiger partial charge is 0.497 e. The number of carbonyl (C=O) groups excluding carboxylic acids is 1. The molecule has 0 aliphatic heterocycles. The number of nitrogens with zero attached hydrogens (tertiary/aromatic N) is 3. The van der Waals surface area contributed by atoms with Gasteiger partial charge in [-0.2, -0.15) is 0 Å². The van der Waals surface area contributed by atoms with Crippen molar-refractivity contribution in [2.45, 2.75) is 0 Å². The quantitative estimate of drug-likeness (QED) is 0.178. The van der Waals surface area contributed by atoms with Gasteiger partial charge in [-0.3, -0.25) is 4.79 Å². The first-order valence-electron chi connectivity index (χ1n) is 12.8. The van der Waals surface area contributed by atoms with Crippen molar-refractivity contribution in [2.75, 3.05) is 36.3 Å². The maximum atomic E-state index is 13.9. The molecule has 4 aromatic carbocycles. The van der Waals surface area contributed by atoms with E-state index in [0.717, 1.165) is 10.4 Å². The van der Waals surface area contributed by atoms with E-state index in [-0.39, 0.29) is 34.3 Å². The SMILES string of the molecule is COc1cc(Nc2nc3ccccc3nc2N(c2cccc(NC(=O)c3cc(F)ccc3OC)c2)[SH](=O)=O)cc(OC)c1. The number of thiol groups is 1. The number of carbonyl (C=O) groups is 1. The molecular formula is C30H26FN5O6S. The summed E-state index contributed by atoms with van der Waals surface area (Å²) in [6.45, 7) is 0. The maximum Gasteiger partial charge on any atom is 0.259 e. The molecule has 0 radical (unpaired) electrons. The Morgan fingerprint density at radius 2 is 1.49 bits per heavy atom. The second-order valence-electron chi connectivity index (χ2n) is 9.01. The third-order valence-electron chi connectivity index (χ3n) is 6.28. The van der Waals surface area contributed by atoms with Crippen LogP contribution in [0.5, 0.6) is 17.2 Å². The first kappa shape index (κ1) is 29.1. The molecule has 5 aromatic rings. The van der Waals surface area contributed by atoms with Crippen molar-refractivity contribution in [3.63, 3.8) is 0 Å². The molecule has 0 bridgehead atoms. The summed E-state index contributed by atoms with van der Waals surface area (Å²) < 4.78 is 56.4. The van der Waals surface area contributed by atoms with Crippen LogP contribution in [0, 0.1) is 5.82 Å². The Labute approximate surface area is 248 Å². The van der Waals surface area contributed by atoms with Gasteiger partial charge in [0.25, 0.3) is 5.91 Å². The summed E-state index contributed by atoms with van der Waals surface area (Å²) in [6.07, 6.45) is 0. The Morgan fingerprint density at radius 3 is 2.14 bits per heavy atom. The molecule has 1 amide bonds. The van der Waals surface area contributed by atoms with E-state index in [1.165, 1.54) is 39.5 Å². The second kappa shape index (κ2) is 12.6. The van der Waals surface area contributed by atoms with E-state index in [1.54, 1.807) is 60.7 Å². The van der Waals surface area contributed by atoms with E-state index in [9.17, 15) is 17.6 Å². The molecular weight excluding hydrogens is 577 g/mol. The molecule has 0 saturated heterocycles. The zero-order valence-corrected chi connectivity index (χ0v) is 24.1. The van der Waals surface area contributed by atoms with E-state index in [0.29, 0.717) is 28.2 Å². The minimum Gasteiger partial charge on any atom is -0.497 e. The van der Waals surface area contributed by atoms with Crippen LogP contribution in [0.15, 0.2) is 84.9 Å². The van der Waals surface area contributed by atoms with E-state index in [1.807, 2.05) is 0 Å². The molecule has 2 N–H and O–H groups in total. The van der Waals surface area contributed by atoms with Crippen LogP contribution >= 0.6 is 0 Å².